The van der Waals surface area contributed by atoms with E-state index in [4.69, 9.17) is 4.74 Å². The van der Waals surface area contributed by atoms with E-state index in [-0.39, 0.29) is 17.8 Å². The smallest absolute Gasteiger partial charge is 0.410 e. The number of aryl methyl sites for hydroxylation is 1. The summed E-state index contributed by atoms with van der Waals surface area (Å²) in [5.41, 5.74) is 2.60. The Morgan fingerprint density at radius 1 is 1.28 bits per heavy atom. The first-order valence-corrected chi connectivity index (χ1v) is 9.85. The first-order chi connectivity index (χ1) is 13.7. The normalized spacial score (nSPS) is 15.8. The van der Waals surface area contributed by atoms with Gasteiger partial charge in [-0.25, -0.2) is 14.2 Å². The van der Waals surface area contributed by atoms with Gasteiger partial charge in [-0.15, -0.1) is 0 Å². The molecular formula is C21H26FN5O2. The molecule has 0 saturated carbocycles. The SMILES string of the molecule is Cn1cc(-c2cc3c(C4CCN(C(=O)OC(C)(C)C)CC4)c(F)cnc3[nH]2)cn1. The van der Waals surface area contributed by atoms with Crippen LogP contribution in [0.2, 0.25) is 0 Å². The summed E-state index contributed by atoms with van der Waals surface area (Å²) in [6.07, 6.45) is 6.00. The summed E-state index contributed by atoms with van der Waals surface area (Å²) >= 11 is 0. The molecule has 1 aliphatic heterocycles. The molecule has 1 N–H and O–H groups in total. The molecule has 3 aromatic heterocycles. The van der Waals surface area contributed by atoms with E-state index in [1.165, 1.54) is 6.20 Å². The van der Waals surface area contributed by atoms with E-state index >= 15 is 0 Å². The fourth-order valence-electron chi connectivity index (χ4n) is 3.88. The number of carbonyl (C=O) groups is 1. The Morgan fingerprint density at radius 3 is 2.62 bits per heavy atom. The van der Waals surface area contributed by atoms with Gasteiger partial charge in [-0.05, 0) is 45.6 Å². The summed E-state index contributed by atoms with van der Waals surface area (Å²) in [5, 5.41) is 4.99. The van der Waals surface area contributed by atoms with Crippen LogP contribution in [0.15, 0.2) is 24.7 Å². The molecule has 4 rings (SSSR count). The van der Waals surface area contributed by atoms with Crippen molar-refractivity contribution in [1.29, 1.82) is 0 Å². The molecule has 0 radical (unpaired) electrons. The Hall–Kier alpha value is -2.90. The molecule has 1 aliphatic rings. The summed E-state index contributed by atoms with van der Waals surface area (Å²) in [4.78, 5) is 21.5. The van der Waals surface area contributed by atoms with Gasteiger partial charge in [0.25, 0.3) is 0 Å². The average Bonchev–Trinajstić information content (AvgIpc) is 3.26. The maximum atomic E-state index is 14.8. The Kier molecular flexibility index (Phi) is 4.80. The number of fused-ring (bicyclic) bond motifs is 1. The van der Waals surface area contributed by atoms with Gasteiger partial charge in [-0.1, -0.05) is 0 Å². The van der Waals surface area contributed by atoms with Crippen molar-refractivity contribution in [3.8, 4) is 11.3 Å². The molecular weight excluding hydrogens is 373 g/mol. The highest BCUT2D eigenvalue weighted by molar-refractivity contribution is 5.86. The van der Waals surface area contributed by atoms with Crippen LogP contribution in [0.25, 0.3) is 22.3 Å². The molecule has 29 heavy (non-hydrogen) atoms. The zero-order valence-corrected chi connectivity index (χ0v) is 17.2. The predicted octanol–water partition coefficient (Wildman–Crippen LogP) is 4.22. The maximum Gasteiger partial charge on any atom is 0.410 e. The predicted molar refractivity (Wildman–Crippen MR) is 108 cm³/mol. The van der Waals surface area contributed by atoms with Crippen LogP contribution in [-0.2, 0) is 11.8 Å². The second-order valence-electron chi connectivity index (χ2n) is 8.61. The van der Waals surface area contributed by atoms with Crippen molar-refractivity contribution < 1.29 is 13.9 Å². The first-order valence-electron chi connectivity index (χ1n) is 9.85. The number of rotatable bonds is 2. The van der Waals surface area contributed by atoms with Crippen LogP contribution in [0, 0.1) is 5.82 Å². The number of carbonyl (C=O) groups excluding carboxylic acids is 1. The van der Waals surface area contributed by atoms with Crippen LogP contribution in [0.4, 0.5) is 9.18 Å². The van der Waals surface area contributed by atoms with E-state index in [1.54, 1.807) is 15.8 Å². The number of H-pyrrole nitrogens is 1. The molecule has 0 unspecified atom stereocenters. The van der Waals surface area contributed by atoms with Gasteiger partial charge in [-0.3, -0.25) is 4.68 Å². The first kappa shape index (κ1) is 19.4. The third kappa shape index (κ3) is 3.97. The minimum atomic E-state index is -0.523. The van der Waals surface area contributed by atoms with Gasteiger partial charge in [0.05, 0.1) is 18.1 Å². The fraction of sp³-hybridized carbons (Fsp3) is 0.476. The number of hydrogen-bond donors (Lipinski definition) is 1. The summed E-state index contributed by atoms with van der Waals surface area (Å²) < 4.78 is 22.0. The van der Waals surface area contributed by atoms with Crippen molar-refractivity contribution in [1.82, 2.24) is 24.6 Å². The van der Waals surface area contributed by atoms with Gasteiger partial charge in [-0.2, -0.15) is 5.10 Å². The molecule has 0 aromatic carbocycles. The molecule has 154 valence electrons. The van der Waals surface area contributed by atoms with E-state index < -0.39 is 5.60 Å². The van der Waals surface area contributed by atoms with Crippen molar-refractivity contribution in [3.63, 3.8) is 0 Å². The standard InChI is InChI=1S/C21H26FN5O2/c1-21(2,3)29-20(28)27-7-5-13(6-8-27)18-15-9-17(14-10-24-26(4)12-14)25-19(15)23-11-16(18)22/h9-13H,5-8H2,1-4H3,(H,23,25). The molecule has 7 nitrogen and oxygen atoms in total. The lowest BCUT2D eigenvalue weighted by Crippen LogP contribution is -2.41. The van der Waals surface area contributed by atoms with Gasteiger partial charge in [0, 0.05) is 42.8 Å². The zero-order chi connectivity index (χ0) is 20.8. The van der Waals surface area contributed by atoms with Crippen LogP contribution >= 0.6 is 0 Å². The minimum absolute atomic E-state index is 0.0248. The fourth-order valence-corrected chi connectivity index (χ4v) is 3.88. The van der Waals surface area contributed by atoms with E-state index in [0.717, 1.165) is 16.6 Å². The van der Waals surface area contributed by atoms with Crippen LogP contribution in [0.1, 0.15) is 45.1 Å². The number of halogens is 1. The highest BCUT2D eigenvalue weighted by Crippen LogP contribution is 2.36. The van der Waals surface area contributed by atoms with Gasteiger partial charge in [0.1, 0.15) is 17.1 Å². The van der Waals surface area contributed by atoms with E-state index in [0.29, 0.717) is 37.1 Å². The summed E-state index contributed by atoms with van der Waals surface area (Å²) in [7, 11) is 1.86. The number of ether oxygens (including phenoxy) is 1. The Labute approximate surface area is 168 Å². The highest BCUT2D eigenvalue weighted by Gasteiger charge is 2.30. The zero-order valence-electron chi connectivity index (χ0n) is 17.2. The van der Waals surface area contributed by atoms with Crippen LogP contribution < -0.4 is 0 Å². The van der Waals surface area contributed by atoms with Crippen molar-refractivity contribution in [2.24, 2.45) is 7.05 Å². The number of nitrogens with one attached hydrogen (secondary N) is 1. The molecule has 0 aliphatic carbocycles. The van der Waals surface area contributed by atoms with Gasteiger partial charge in [0.15, 0.2) is 0 Å². The molecule has 8 heteroatoms. The van der Waals surface area contributed by atoms with Crippen LogP contribution in [-0.4, -0.2) is 49.4 Å². The number of hydrogen-bond acceptors (Lipinski definition) is 4. The Morgan fingerprint density at radius 2 is 2.00 bits per heavy atom. The Balaban J connectivity index is 1.57. The molecule has 1 saturated heterocycles. The minimum Gasteiger partial charge on any atom is -0.444 e. The van der Waals surface area contributed by atoms with Crippen molar-refractivity contribution in [3.05, 3.63) is 36.0 Å². The summed E-state index contributed by atoms with van der Waals surface area (Å²) in [6.45, 7) is 6.65. The lowest BCUT2D eigenvalue weighted by atomic mass is 9.88. The monoisotopic (exact) mass is 399 g/mol. The maximum absolute atomic E-state index is 14.8. The van der Waals surface area contributed by atoms with E-state index in [2.05, 4.69) is 15.1 Å². The Bertz CT molecular complexity index is 1040. The summed E-state index contributed by atoms with van der Waals surface area (Å²) in [6, 6.07) is 1.94. The largest absolute Gasteiger partial charge is 0.444 e. The second kappa shape index (κ2) is 7.17. The molecule has 0 atom stereocenters. The van der Waals surface area contributed by atoms with Crippen molar-refractivity contribution >= 4 is 17.1 Å². The number of pyridine rings is 1. The quantitative estimate of drug-likeness (QED) is 0.700. The van der Waals surface area contributed by atoms with Crippen molar-refractivity contribution in [2.75, 3.05) is 13.1 Å². The second-order valence-corrected chi connectivity index (χ2v) is 8.61. The number of piperidine rings is 1. The average molecular weight is 399 g/mol. The number of nitrogens with zero attached hydrogens (tertiary/aromatic N) is 4. The third-order valence-electron chi connectivity index (χ3n) is 5.22. The molecule has 4 heterocycles. The van der Waals surface area contributed by atoms with E-state index in [1.807, 2.05) is 40.1 Å². The topological polar surface area (TPSA) is 76.0 Å². The number of amides is 1. The van der Waals surface area contributed by atoms with Gasteiger partial charge < -0.3 is 14.6 Å². The molecule has 1 fully saturated rings. The number of aromatic amines is 1. The molecule has 1 amide bonds. The third-order valence-corrected chi connectivity index (χ3v) is 5.22. The van der Waals surface area contributed by atoms with Gasteiger partial charge >= 0.3 is 6.09 Å². The lowest BCUT2D eigenvalue weighted by Gasteiger charge is -2.33. The lowest BCUT2D eigenvalue weighted by molar-refractivity contribution is 0.0204. The molecule has 3 aromatic rings. The highest BCUT2D eigenvalue weighted by atomic mass is 19.1. The van der Waals surface area contributed by atoms with Gasteiger partial charge in [0.2, 0.25) is 0 Å². The molecule has 0 spiro atoms. The number of likely N-dealkylation sites (tertiary alicyclic amines) is 1. The van der Waals surface area contributed by atoms with Crippen molar-refractivity contribution in [2.45, 2.75) is 45.1 Å². The molecule has 0 bridgehead atoms. The summed E-state index contributed by atoms with van der Waals surface area (Å²) in [5.74, 6) is -0.276. The van der Waals surface area contributed by atoms with Crippen LogP contribution in [0.3, 0.4) is 0 Å². The number of aromatic nitrogens is 4. The van der Waals surface area contributed by atoms with E-state index in [9.17, 15) is 9.18 Å². The van der Waals surface area contributed by atoms with Crippen LogP contribution in [0.5, 0.6) is 0 Å².